The lowest BCUT2D eigenvalue weighted by Gasteiger charge is -2.28. The summed E-state index contributed by atoms with van der Waals surface area (Å²) in [4.78, 5) is 14.5. The van der Waals surface area contributed by atoms with E-state index in [9.17, 15) is 13.2 Å². The second-order valence-electron chi connectivity index (χ2n) is 6.80. The molecule has 0 aliphatic rings. The van der Waals surface area contributed by atoms with Crippen molar-refractivity contribution in [2.45, 2.75) is 47.1 Å². The Morgan fingerprint density at radius 1 is 1.19 bits per heavy atom. The number of aryl methyl sites for hydroxylation is 1. The van der Waals surface area contributed by atoms with Crippen molar-refractivity contribution in [3.8, 4) is 5.69 Å². The van der Waals surface area contributed by atoms with Gasteiger partial charge < -0.3 is 4.90 Å². The number of sulfone groups is 1. The maximum Gasteiger partial charge on any atom is 0.227 e. The Hall–Kier alpha value is -2.15. The number of rotatable bonds is 8. The van der Waals surface area contributed by atoms with Crippen LogP contribution in [0.2, 0.25) is 0 Å². The van der Waals surface area contributed by atoms with E-state index in [4.69, 9.17) is 0 Å². The average Bonchev–Trinajstić information content (AvgIpc) is 2.91. The molecule has 0 N–H and O–H groups in total. The third kappa shape index (κ3) is 4.97. The maximum absolute atomic E-state index is 12.9. The summed E-state index contributed by atoms with van der Waals surface area (Å²) in [5.41, 5.74) is 3.59. The number of para-hydroxylation sites is 1. The summed E-state index contributed by atoms with van der Waals surface area (Å²) in [5.74, 6) is 0.00487. The molecule has 0 bridgehead atoms. The molecule has 0 spiro atoms. The molecule has 1 heterocycles. The fraction of sp³-hybridized carbons (Fsp3) is 0.500. The van der Waals surface area contributed by atoms with Crippen molar-refractivity contribution in [3.05, 3.63) is 47.3 Å². The fourth-order valence-corrected chi connectivity index (χ4v) is 4.46. The Morgan fingerprint density at radius 2 is 1.81 bits per heavy atom. The minimum absolute atomic E-state index is 0.00960. The second kappa shape index (κ2) is 8.69. The van der Waals surface area contributed by atoms with Gasteiger partial charge in [-0.25, -0.2) is 13.1 Å². The molecule has 2 rings (SSSR count). The Bertz CT molecular complexity index is 889. The van der Waals surface area contributed by atoms with E-state index in [1.807, 2.05) is 55.8 Å². The van der Waals surface area contributed by atoms with Crippen LogP contribution in [0.3, 0.4) is 0 Å². The predicted octanol–water partition coefficient (Wildman–Crippen LogP) is 2.70. The van der Waals surface area contributed by atoms with E-state index in [2.05, 4.69) is 5.10 Å². The van der Waals surface area contributed by atoms with Crippen molar-refractivity contribution in [3.63, 3.8) is 0 Å². The van der Waals surface area contributed by atoms with Crippen molar-refractivity contribution in [2.24, 2.45) is 0 Å². The van der Waals surface area contributed by atoms with E-state index < -0.39 is 9.84 Å². The number of carbonyl (C=O) groups excluding carboxylic acids is 1. The van der Waals surface area contributed by atoms with Crippen molar-refractivity contribution < 1.29 is 13.2 Å². The zero-order chi connectivity index (χ0) is 20.2. The van der Waals surface area contributed by atoms with Gasteiger partial charge in [-0.2, -0.15) is 5.10 Å². The topological polar surface area (TPSA) is 72.3 Å². The molecule has 1 unspecified atom stereocenters. The molecule has 148 valence electrons. The number of nitrogens with zero attached hydrogens (tertiary/aromatic N) is 3. The lowest BCUT2D eigenvalue weighted by Crippen LogP contribution is -2.43. The van der Waals surface area contributed by atoms with Crippen molar-refractivity contribution in [1.29, 1.82) is 0 Å². The molecule has 1 aromatic carbocycles. The molecule has 1 aromatic heterocycles. The molecule has 2 aromatic rings. The summed E-state index contributed by atoms with van der Waals surface area (Å²) < 4.78 is 25.7. The first-order valence-electron chi connectivity index (χ1n) is 9.30. The summed E-state index contributed by atoms with van der Waals surface area (Å²) in [7, 11) is -3.14. The predicted molar refractivity (Wildman–Crippen MR) is 108 cm³/mol. The van der Waals surface area contributed by atoms with Gasteiger partial charge in [-0.05, 0) is 39.8 Å². The number of hydrogen-bond acceptors (Lipinski definition) is 4. The van der Waals surface area contributed by atoms with Gasteiger partial charge in [-0.15, -0.1) is 0 Å². The van der Waals surface area contributed by atoms with Crippen molar-refractivity contribution in [1.82, 2.24) is 14.7 Å². The highest BCUT2D eigenvalue weighted by Gasteiger charge is 2.25. The first-order chi connectivity index (χ1) is 12.7. The van der Waals surface area contributed by atoms with Gasteiger partial charge in [0.15, 0.2) is 9.84 Å². The van der Waals surface area contributed by atoms with E-state index in [1.54, 1.807) is 18.7 Å². The maximum atomic E-state index is 12.9. The Morgan fingerprint density at radius 3 is 2.37 bits per heavy atom. The number of hydrogen-bond donors (Lipinski definition) is 0. The van der Waals surface area contributed by atoms with Crippen LogP contribution >= 0.6 is 0 Å². The van der Waals surface area contributed by atoms with E-state index in [-0.39, 0.29) is 29.9 Å². The molecule has 1 amide bonds. The van der Waals surface area contributed by atoms with Crippen molar-refractivity contribution in [2.75, 3.05) is 18.1 Å². The standard InChI is InChI=1S/C20H29N3O3S/c1-6-22(15(3)14-27(25,26)7-2)20(24)13-19-16(4)21-23(17(19)5)18-11-9-8-10-12-18/h8-12,15H,6-7,13-14H2,1-5H3. The van der Waals surface area contributed by atoms with Gasteiger partial charge in [0.2, 0.25) is 5.91 Å². The number of benzene rings is 1. The van der Waals surface area contributed by atoms with Gasteiger partial charge in [0.05, 0.1) is 23.6 Å². The first kappa shape index (κ1) is 21.2. The van der Waals surface area contributed by atoms with Crippen LogP contribution in [-0.2, 0) is 21.1 Å². The molecule has 0 saturated carbocycles. The highest BCUT2D eigenvalue weighted by molar-refractivity contribution is 7.91. The normalized spacial score (nSPS) is 12.8. The highest BCUT2D eigenvalue weighted by Crippen LogP contribution is 2.19. The zero-order valence-corrected chi connectivity index (χ0v) is 17.6. The summed E-state index contributed by atoms with van der Waals surface area (Å²) in [6, 6.07) is 9.45. The summed E-state index contributed by atoms with van der Waals surface area (Å²) in [6.07, 6.45) is 0.217. The van der Waals surface area contributed by atoms with E-state index >= 15 is 0 Å². The second-order valence-corrected chi connectivity index (χ2v) is 9.20. The molecule has 6 nitrogen and oxygen atoms in total. The average molecular weight is 392 g/mol. The van der Waals surface area contributed by atoms with Crippen LogP contribution in [0.1, 0.15) is 37.7 Å². The van der Waals surface area contributed by atoms with Crippen LogP contribution in [-0.4, -0.2) is 53.1 Å². The van der Waals surface area contributed by atoms with Crippen LogP contribution in [0.15, 0.2) is 30.3 Å². The Labute approximate surface area is 162 Å². The molecule has 0 saturated heterocycles. The van der Waals surface area contributed by atoms with Crippen LogP contribution in [0.5, 0.6) is 0 Å². The molecule has 0 fully saturated rings. The monoisotopic (exact) mass is 391 g/mol. The molecule has 0 radical (unpaired) electrons. The van der Waals surface area contributed by atoms with Gasteiger partial charge in [-0.3, -0.25) is 4.79 Å². The molecular formula is C20H29N3O3S. The molecule has 27 heavy (non-hydrogen) atoms. The molecule has 1 atom stereocenters. The molecule has 0 aliphatic heterocycles. The quantitative estimate of drug-likeness (QED) is 0.694. The van der Waals surface area contributed by atoms with Gasteiger partial charge in [0.25, 0.3) is 0 Å². The van der Waals surface area contributed by atoms with Crippen LogP contribution in [0.25, 0.3) is 5.69 Å². The highest BCUT2D eigenvalue weighted by atomic mass is 32.2. The molecule has 7 heteroatoms. The number of amides is 1. The summed E-state index contributed by atoms with van der Waals surface area (Å²) in [6.45, 7) is 9.63. The minimum Gasteiger partial charge on any atom is -0.339 e. The number of likely N-dealkylation sites (N-methyl/N-ethyl adjacent to an activating group) is 1. The van der Waals surface area contributed by atoms with Gasteiger partial charge >= 0.3 is 0 Å². The van der Waals surface area contributed by atoms with E-state index in [0.717, 1.165) is 22.6 Å². The number of aromatic nitrogens is 2. The van der Waals surface area contributed by atoms with Crippen molar-refractivity contribution >= 4 is 15.7 Å². The Kier molecular flexibility index (Phi) is 6.81. The summed E-state index contributed by atoms with van der Waals surface area (Å²) >= 11 is 0. The van der Waals surface area contributed by atoms with E-state index in [0.29, 0.717) is 6.54 Å². The number of carbonyl (C=O) groups is 1. The first-order valence-corrected chi connectivity index (χ1v) is 11.1. The lowest BCUT2D eigenvalue weighted by atomic mass is 10.1. The fourth-order valence-electron chi connectivity index (χ4n) is 3.31. The molecule has 0 aliphatic carbocycles. The lowest BCUT2D eigenvalue weighted by molar-refractivity contribution is -0.131. The van der Waals surface area contributed by atoms with Gasteiger partial charge in [0.1, 0.15) is 0 Å². The molecular weight excluding hydrogens is 362 g/mol. The SMILES string of the molecule is CCN(C(=O)Cc1c(C)nn(-c2ccccc2)c1C)C(C)CS(=O)(=O)CC. The van der Waals surface area contributed by atoms with Crippen LogP contribution in [0, 0.1) is 13.8 Å². The minimum atomic E-state index is -3.14. The Balaban J connectivity index is 2.23. The van der Waals surface area contributed by atoms with Gasteiger partial charge in [0, 0.05) is 29.6 Å². The van der Waals surface area contributed by atoms with Crippen LogP contribution in [0.4, 0.5) is 0 Å². The van der Waals surface area contributed by atoms with E-state index in [1.165, 1.54) is 0 Å². The third-order valence-corrected chi connectivity index (χ3v) is 6.77. The largest absolute Gasteiger partial charge is 0.339 e. The summed E-state index contributed by atoms with van der Waals surface area (Å²) in [5, 5.41) is 4.59. The van der Waals surface area contributed by atoms with Crippen LogP contribution < -0.4 is 0 Å². The smallest absolute Gasteiger partial charge is 0.227 e. The zero-order valence-electron chi connectivity index (χ0n) is 16.8. The van der Waals surface area contributed by atoms with Gasteiger partial charge in [-0.1, -0.05) is 25.1 Å². The third-order valence-electron chi connectivity index (χ3n) is 4.90.